The zero-order valence-corrected chi connectivity index (χ0v) is 9.75. The monoisotopic (exact) mass is 214 g/mol. The van der Waals surface area contributed by atoms with Crippen LogP contribution in [0.15, 0.2) is 13.6 Å². The van der Waals surface area contributed by atoms with Crippen LogP contribution in [0, 0.1) is 6.92 Å². The number of hydrogen-bond donors (Lipinski definition) is 0. The van der Waals surface area contributed by atoms with Gasteiger partial charge in [-0.2, -0.15) is 0 Å². The first-order valence-corrected chi connectivity index (χ1v) is 5.18. The number of ether oxygens (including phenoxy) is 1. The topological polar surface area (TPSA) is 52.6 Å². The van der Waals surface area contributed by atoms with E-state index in [1.807, 2.05) is 13.8 Å². The molecular weight excluding hydrogens is 196 g/mol. The number of rotatable bonds is 5. The summed E-state index contributed by atoms with van der Waals surface area (Å²) < 4.78 is 15.2. The van der Waals surface area contributed by atoms with Crippen molar-refractivity contribution in [1.82, 2.24) is 0 Å². The minimum atomic E-state index is -0.667. The van der Waals surface area contributed by atoms with E-state index in [-0.39, 0.29) is 12.2 Å². The lowest BCUT2D eigenvalue weighted by atomic mass is 10.0. The van der Waals surface area contributed by atoms with Crippen LogP contribution in [-0.2, 0) is 11.3 Å². The molecule has 0 atom stereocenters. The van der Waals surface area contributed by atoms with Crippen LogP contribution in [-0.4, -0.2) is 5.60 Å². The fraction of sp³-hybridized carbons (Fsp3) is 0.727. The van der Waals surface area contributed by atoms with Crippen molar-refractivity contribution < 1.29 is 13.6 Å². The Balaban J connectivity index is 2.57. The van der Waals surface area contributed by atoms with Gasteiger partial charge in [-0.25, -0.2) is 4.79 Å². The highest BCUT2D eigenvalue weighted by molar-refractivity contribution is 4.98. The van der Waals surface area contributed by atoms with Gasteiger partial charge in [0, 0.05) is 0 Å². The summed E-state index contributed by atoms with van der Waals surface area (Å²) in [5.41, 5.74) is -0.197. The molecule has 1 aromatic rings. The molecule has 0 spiro atoms. The van der Waals surface area contributed by atoms with Crippen LogP contribution in [0.1, 0.15) is 45.1 Å². The summed E-state index contributed by atoms with van der Waals surface area (Å²) in [6.07, 6.45) is 2.02. The van der Waals surface area contributed by atoms with E-state index in [0.717, 1.165) is 12.8 Å². The van der Waals surface area contributed by atoms with Crippen molar-refractivity contribution in [2.45, 2.75) is 52.7 Å². The van der Waals surface area contributed by atoms with E-state index in [0.29, 0.717) is 11.5 Å². The first-order valence-electron chi connectivity index (χ1n) is 5.18. The van der Waals surface area contributed by atoms with Gasteiger partial charge < -0.3 is 13.6 Å². The second-order valence-corrected chi connectivity index (χ2v) is 4.23. The highest BCUT2D eigenvalue weighted by Gasteiger charge is 2.19. The lowest BCUT2D eigenvalue weighted by Gasteiger charge is -2.23. The Kier molecular flexibility index (Phi) is 3.74. The average molecular weight is 214 g/mol. The predicted octanol–water partition coefficient (Wildman–Crippen LogP) is 2.64. The lowest BCUT2D eigenvalue weighted by Crippen LogP contribution is -2.23. The lowest BCUT2D eigenvalue weighted by molar-refractivity contribution is -0.0424. The molecule has 86 valence electrons. The molecule has 0 aromatic carbocycles. The molecule has 1 aromatic heterocycles. The summed E-state index contributed by atoms with van der Waals surface area (Å²) in [5.74, 6) is 0.302. The molecule has 15 heavy (non-hydrogen) atoms. The smallest absolute Gasteiger partial charge is 0.396 e. The van der Waals surface area contributed by atoms with Crippen molar-refractivity contribution in [3.8, 4) is 0 Å². The maximum atomic E-state index is 10.8. The second-order valence-electron chi connectivity index (χ2n) is 4.23. The van der Waals surface area contributed by atoms with Gasteiger partial charge in [-0.1, -0.05) is 13.3 Å². The fourth-order valence-corrected chi connectivity index (χ4v) is 1.44. The van der Waals surface area contributed by atoms with E-state index < -0.39 is 5.82 Å². The largest absolute Gasteiger partial charge is 0.519 e. The zero-order chi connectivity index (χ0) is 11.5. The van der Waals surface area contributed by atoms with E-state index in [4.69, 9.17) is 13.6 Å². The van der Waals surface area contributed by atoms with Gasteiger partial charge in [-0.05, 0) is 27.2 Å². The minimum absolute atomic E-state index is 0.197. The maximum Gasteiger partial charge on any atom is 0.519 e. The van der Waals surface area contributed by atoms with Crippen LogP contribution in [0.2, 0.25) is 0 Å². The third kappa shape index (κ3) is 3.55. The Hall–Kier alpha value is -1.03. The minimum Gasteiger partial charge on any atom is -0.396 e. The van der Waals surface area contributed by atoms with Gasteiger partial charge in [0.2, 0.25) is 0 Å². The second kappa shape index (κ2) is 4.66. The molecule has 0 unspecified atom stereocenters. The molecule has 4 heteroatoms. The molecular formula is C11H18O4. The fourth-order valence-electron chi connectivity index (χ4n) is 1.44. The van der Waals surface area contributed by atoms with Crippen molar-refractivity contribution >= 4 is 0 Å². The molecule has 1 heterocycles. The summed E-state index contributed by atoms with van der Waals surface area (Å²) in [5, 5.41) is 0. The summed E-state index contributed by atoms with van der Waals surface area (Å²) in [4.78, 5) is 10.8. The normalized spacial score (nSPS) is 12.0. The van der Waals surface area contributed by atoms with Gasteiger partial charge in [0.15, 0.2) is 5.76 Å². The van der Waals surface area contributed by atoms with Gasteiger partial charge >= 0.3 is 5.82 Å². The van der Waals surface area contributed by atoms with E-state index in [2.05, 4.69) is 6.92 Å². The van der Waals surface area contributed by atoms with E-state index in [9.17, 15) is 4.79 Å². The van der Waals surface area contributed by atoms with E-state index >= 15 is 0 Å². The first kappa shape index (κ1) is 12.0. The highest BCUT2D eigenvalue weighted by atomic mass is 16.6. The predicted molar refractivity (Wildman–Crippen MR) is 55.8 cm³/mol. The van der Waals surface area contributed by atoms with Gasteiger partial charge in [-0.15, -0.1) is 0 Å². The summed E-state index contributed by atoms with van der Waals surface area (Å²) in [6, 6.07) is 0. The van der Waals surface area contributed by atoms with Crippen molar-refractivity contribution in [2.75, 3.05) is 0 Å². The van der Waals surface area contributed by atoms with Crippen molar-refractivity contribution in [2.24, 2.45) is 0 Å². The van der Waals surface area contributed by atoms with Crippen molar-refractivity contribution in [3.63, 3.8) is 0 Å². The Labute approximate surface area is 89.2 Å². The SMILES string of the molecule is CCCC(C)(C)OCc1oc(=O)oc1C. The summed E-state index contributed by atoms with van der Waals surface area (Å²) in [7, 11) is 0. The molecule has 0 saturated carbocycles. The quantitative estimate of drug-likeness (QED) is 0.756. The number of aryl methyl sites for hydroxylation is 1. The number of hydrogen-bond acceptors (Lipinski definition) is 4. The van der Waals surface area contributed by atoms with Crippen molar-refractivity contribution in [1.29, 1.82) is 0 Å². The Morgan fingerprint density at radius 3 is 2.47 bits per heavy atom. The highest BCUT2D eigenvalue weighted by Crippen LogP contribution is 2.19. The third-order valence-corrected chi connectivity index (χ3v) is 2.28. The van der Waals surface area contributed by atoms with Gasteiger partial charge in [0.1, 0.15) is 12.4 Å². The molecule has 0 aliphatic heterocycles. The third-order valence-electron chi connectivity index (χ3n) is 2.28. The molecule has 4 nitrogen and oxygen atoms in total. The van der Waals surface area contributed by atoms with Gasteiger partial charge in [0.25, 0.3) is 0 Å². The molecule has 1 rings (SSSR count). The Morgan fingerprint density at radius 1 is 1.33 bits per heavy atom. The molecule has 0 amide bonds. The molecule has 0 radical (unpaired) electrons. The van der Waals surface area contributed by atoms with Crippen LogP contribution in [0.3, 0.4) is 0 Å². The zero-order valence-electron chi connectivity index (χ0n) is 9.75. The molecule has 0 fully saturated rings. The van der Waals surface area contributed by atoms with Crippen LogP contribution in [0.5, 0.6) is 0 Å². The van der Waals surface area contributed by atoms with Crippen LogP contribution in [0.25, 0.3) is 0 Å². The van der Waals surface area contributed by atoms with Gasteiger partial charge in [-0.3, -0.25) is 0 Å². The first-order chi connectivity index (χ1) is 6.94. The Morgan fingerprint density at radius 2 is 2.00 bits per heavy atom. The van der Waals surface area contributed by atoms with Crippen LogP contribution < -0.4 is 5.82 Å². The molecule has 0 N–H and O–H groups in total. The molecule has 0 saturated heterocycles. The van der Waals surface area contributed by atoms with Crippen LogP contribution >= 0.6 is 0 Å². The van der Waals surface area contributed by atoms with Gasteiger partial charge in [0.05, 0.1) is 5.60 Å². The Bertz CT molecular complexity index is 359. The van der Waals surface area contributed by atoms with Crippen molar-refractivity contribution in [3.05, 3.63) is 22.1 Å². The summed E-state index contributed by atoms with van der Waals surface area (Å²) in [6.45, 7) is 8.11. The average Bonchev–Trinajstić information content (AvgIpc) is 2.42. The van der Waals surface area contributed by atoms with Crippen LogP contribution in [0.4, 0.5) is 0 Å². The standard InChI is InChI=1S/C11H18O4/c1-5-6-11(3,4)13-7-9-8(2)14-10(12)15-9/h5-7H2,1-4H3. The molecule has 0 aliphatic carbocycles. The molecule has 0 bridgehead atoms. The molecule has 0 aliphatic rings. The van der Waals surface area contributed by atoms with E-state index in [1.54, 1.807) is 6.92 Å². The van der Waals surface area contributed by atoms with E-state index in [1.165, 1.54) is 0 Å². The maximum absolute atomic E-state index is 10.8. The summed E-state index contributed by atoms with van der Waals surface area (Å²) >= 11 is 0.